The molecule has 0 spiro atoms. The van der Waals surface area contributed by atoms with E-state index in [2.05, 4.69) is 0 Å². The zero-order valence-corrected chi connectivity index (χ0v) is 12.6. The topological polar surface area (TPSA) is 74.7 Å². The predicted octanol–water partition coefficient (Wildman–Crippen LogP) is 0.688. The van der Waals surface area contributed by atoms with Gasteiger partial charge < -0.3 is 10.0 Å². The second-order valence-corrected chi connectivity index (χ2v) is 7.26. The molecule has 112 valence electrons. The molecule has 20 heavy (non-hydrogen) atoms. The van der Waals surface area contributed by atoms with Crippen LogP contribution >= 0.6 is 0 Å². The van der Waals surface area contributed by atoms with Gasteiger partial charge in [-0.05, 0) is 11.5 Å². The van der Waals surface area contributed by atoms with Crippen LogP contribution in [0, 0.1) is 5.92 Å². The van der Waals surface area contributed by atoms with Crippen LogP contribution in [0.2, 0.25) is 0 Å². The summed E-state index contributed by atoms with van der Waals surface area (Å²) in [6.07, 6.45) is 1.04. The van der Waals surface area contributed by atoms with Crippen molar-refractivity contribution in [1.82, 2.24) is 4.90 Å². The predicted molar refractivity (Wildman–Crippen MR) is 77.8 cm³/mol. The zero-order valence-electron chi connectivity index (χ0n) is 11.8. The molecule has 1 aromatic rings. The molecule has 1 aromatic carbocycles. The maximum atomic E-state index is 12.1. The van der Waals surface area contributed by atoms with E-state index in [9.17, 15) is 13.2 Å². The fourth-order valence-corrected chi connectivity index (χ4v) is 2.44. The van der Waals surface area contributed by atoms with E-state index in [0.717, 1.165) is 11.8 Å². The lowest BCUT2D eigenvalue weighted by Crippen LogP contribution is -2.38. The number of nitrogens with zero attached hydrogens (tertiary/aromatic N) is 1. The number of aliphatic hydroxyl groups is 1. The smallest absolute Gasteiger partial charge is 0.238 e. The Kier molecular flexibility index (Phi) is 6.16. The Morgan fingerprint density at radius 2 is 1.90 bits per heavy atom. The number of amides is 1. The van der Waals surface area contributed by atoms with Crippen LogP contribution in [-0.2, 0) is 21.2 Å². The van der Waals surface area contributed by atoms with Crippen LogP contribution in [-0.4, -0.2) is 49.5 Å². The Balaban J connectivity index is 2.82. The van der Waals surface area contributed by atoms with Gasteiger partial charge in [0.25, 0.3) is 0 Å². The van der Waals surface area contributed by atoms with Crippen LogP contribution in [0.4, 0.5) is 0 Å². The minimum absolute atomic E-state index is 0.0442. The van der Waals surface area contributed by atoms with Crippen molar-refractivity contribution in [2.75, 3.05) is 25.2 Å². The molecular weight excluding hydrogens is 278 g/mol. The summed E-state index contributed by atoms with van der Waals surface area (Å²) in [4.78, 5) is 13.6. The highest BCUT2D eigenvalue weighted by Crippen LogP contribution is 2.08. The van der Waals surface area contributed by atoms with Crippen molar-refractivity contribution >= 4 is 15.7 Å². The minimum atomic E-state index is -3.36. The fourth-order valence-electron chi connectivity index (χ4n) is 1.81. The SMILES string of the molecule is CC(CO)CN(Cc1ccccc1)C(=O)CS(C)(=O)=O. The van der Waals surface area contributed by atoms with Gasteiger partial charge >= 0.3 is 0 Å². The van der Waals surface area contributed by atoms with Gasteiger partial charge in [0.1, 0.15) is 5.75 Å². The Morgan fingerprint density at radius 3 is 2.40 bits per heavy atom. The molecular formula is C14H21NO4S. The summed E-state index contributed by atoms with van der Waals surface area (Å²) in [6.45, 7) is 2.45. The van der Waals surface area contributed by atoms with Crippen LogP contribution in [0.1, 0.15) is 12.5 Å². The normalized spacial score (nSPS) is 12.9. The van der Waals surface area contributed by atoms with E-state index in [0.29, 0.717) is 13.1 Å². The molecule has 0 aliphatic rings. The summed E-state index contributed by atoms with van der Waals surface area (Å²) in [5, 5.41) is 9.11. The number of carbonyl (C=O) groups excluding carboxylic acids is 1. The van der Waals surface area contributed by atoms with Gasteiger partial charge in [0.05, 0.1) is 0 Å². The molecule has 0 fully saturated rings. The number of hydrogen-bond donors (Lipinski definition) is 1. The van der Waals surface area contributed by atoms with Crippen LogP contribution in [0.3, 0.4) is 0 Å². The molecule has 0 radical (unpaired) electrons. The van der Waals surface area contributed by atoms with E-state index in [1.54, 1.807) is 0 Å². The quantitative estimate of drug-likeness (QED) is 0.804. The molecule has 0 bridgehead atoms. The molecule has 5 nitrogen and oxygen atoms in total. The van der Waals surface area contributed by atoms with Crippen LogP contribution in [0.25, 0.3) is 0 Å². The third-order valence-electron chi connectivity index (χ3n) is 2.80. The van der Waals surface area contributed by atoms with Crippen molar-refractivity contribution in [3.8, 4) is 0 Å². The summed E-state index contributed by atoms with van der Waals surface area (Å²) in [5.41, 5.74) is 0.930. The highest BCUT2D eigenvalue weighted by Gasteiger charge is 2.20. The van der Waals surface area contributed by atoms with Gasteiger partial charge in [-0.2, -0.15) is 0 Å². The lowest BCUT2D eigenvalue weighted by molar-refractivity contribution is -0.129. The average molecular weight is 299 g/mol. The highest BCUT2D eigenvalue weighted by molar-refractivity contribution is 7.91. The number of hydrogen-bond acceptors (Lipinski definition) is 4. The van der Waals surface area contributed by atoms with E-state index >= 15 is 0 Å². The fraction of sp³-hybridized carbons (Fsp3) is 0.500. The molecule has 1 N–H and O–H groups in total. The third kappa shape index (κ3) is 6.16. The number of sulfone groups is 1. The van der Waals surface area contributed by atoms with Crippen molar-refractivity contribution in [3.63, 3.8) is 0 Å². The third-order valence-corrected chi connectivity index (χ3v) is 3.57. The maximum absolute atomic E-state index is 12.1. The number of benzene rings is 1. The molecule has 0 saturated heterocycles. The Morgan fingerprint density at radius 1 is 1.30 bits per heavy atom. The van der Waals surface area contributed by atoms with Crippen LogP contribution in [0.5, 0.6) is 0 Å². The first kappa shape index (κ1) is 16.7. The highest BCUT2D eigenvalue weighted by atomic mass is 32.2. The van der Waals surface area contributed by atoms with E-state index in [1.807, 2.05) is 37.3 Å². The average Bonchev–Trinajstić information content (AvgIpc) is 2.37. The molecule has 1 unspecified atom stereocenters. The molecule has 0 aliphatic heterocycles. The first-order valence-corrected chi connectivity index (χ1v) is 8.48. The van der Waals surface area contributed by atoms with Crippen molar-refractivity contribution in [2.45, 2.75) is 13.5 Å². The van der Waals surface area contributed by atoms with Crippen LogP contribution < -0.4 is 0 Å². The Hall–Kier alpha value is -1.40. The summed E-state index contributed by atoms with van der Waals surface area (Å²) in [6, 6.07) is 9.37. The van der Waals surface area contributed by atoms with E-state index in [4.69, 9.17) is 5.11 Å². The van der Waals surface area contributed by atoms with Gasteiger partial charge in [-0.15, -0.1) is 0 Å². The maximum Gasteiger partial charge on any atom is 0.238 e. The summed E-state index contributed by atoms with van der Waals surface area (Å²) >= 11 is 0. The van der Waals surface area contributed by atoms with Gasteiger partial charge in [-0.3, -0.25) is 4.79 Å². The molecule has 1 rings (SSSR count). The summed E-state index contributed by atoms with van der Waals surface area (Å²) in [5.74, 6) is -1.03. The summed E-state index contributed by atoms with van der Waals surface area (Å²) < 4.78 is 22.5. The van der Waals surface area contributed by atoms with Crippen molar-refractivity contribution in [2.24, 2.45) is 5.92 Å². The standard InChI is InChI=1S/C14H21NO4S/c1-12(10-16)8-15(14(17)11-20(2,18)19)9-13-6-4-3-5-7-13/h3-7,12,16H,8-11H2,1-2H3. The second-order valence-electron chi connectivity index (χ2n) is 5.12. The number of aliphatic hydroxyl groups excluding tert-OH is 1. The first-order chi connectivity index (χ1) is 9.31. The van der Waals surface area contributed by atoms with Gasteiger partial charge in [-0.25, -0.2) is 8.42 Å². The van der Waals surface area contributed by atoms with Crippen molar-refractivity contribution in [3.05, 3.63) is 35.9 Å². The van der Waals surface area contributed by atoms with E-state index in [-0.39, 0.29) is 12.5 Å². The lowest BCUT2D eigenvalue weighted by atomic mass is 10.1. The monoisotopic (exact) mass is 299 g/mol. The number of rotatable bonds is 7. The number of carbonyl (C=O) groups is 1. The molecule has 0 heterocycles. The van der Waals surface area contributed by atoms with Gasteiger partial charge in [0.2, 0.25) is 5.91 Å². The van der Waals surface area contributed by atoms with Gasteiger partial charge in [0.15, 0.2) is 9.84 Å². The largest absolute Gasteiger partial charge is 0.396 e. The molecule has 1 amide bonds. The second kappa shape index (κ2) is 7.40. The molecule has 0 aliphatic carbocycles. The molecule has 1 atom stereocenters. The van der Waals surface area contributed by atoms with Crippen molar-refractivity contribution in [1.29, 1.82) is 0 Å². The zero-order chi connectivity index (χ0) is 15.2. The minimum Gasteiger partial charge on any atom is -0.396 e. The summed E-state index contributed by atoms with van der Waals surface area (Å²) in [7, 11) is -3.36. The van der Waals surface area contributed by atoms with Crippen molar-refractivity contribution < 1.29 is 18.3 Å². The lowest BCUT2D eigenvalue weighted by Gasteiger charge is -2.25. The van der Waals surface area contributed by atoms with Crippen LogP contribution in [0.15, 0.2) is 30.3 Å². The van der Waals surface area contributed by atoms with Gasteiger partial charge in [-0.1, -0.05) is 37.3 Å². The Labute approximate surface area is 120 Å². The molecule has 6 heteroatoms. The molecule has 0 saturated carbocycles. The Bertz CT molecular complexity index is 527. The van der Waals surface area contributed by atoms with E-state index in [1.165, 1.54) is 4.90 Å². The molecule has 0 aromatic heterocycles. The first-order valence-electron chi connectivity index (χ1n) is 6.42. The van der Waals surface area contributed by atoms with Gasteiger partial charge in [0, 0.05) is 26.0 Å². The van der Waals surface area contributed by atoms with E-state index < -0.39 is 21.5 Å².